The molecular formula is C20H28N2O2. The van der Waals surface area contributed by atoms with Crippen molar-refractivity contribution in [2.24, 2.45) is 0 Å². The molecule has 0 atom stereocenters. The molecule has 2 aromatic rings. The number of benzene rings is 1. The van der Waals surface area contributed by atoms with E-state index in [1.807, 2.05) is 17.0 Å². The molecule has 3 rings (SSSR count). The van der Waals surface area contributed by atoms with Crippen molar-refractivity contribution >= 4 is 16.9 Å². The van der Waals surface area contributed by atoms with Gasteiger partial charge in [-0.2, -0.15) is 0 Å². The summed E-state index contributed by atoms with van der Waals surface area (Å²) in [4.78, 5) is 16.6. The maximum absolute atomic E-state index is 12.3. The maximum Gasteiger partial charge on any atom is 0.223 e. The van der Waals surface area contributed by atoms with Crippen molar-refractivity contribution in [1.29, 1.82) is 0 Å². The van der Waals surface area contributed by atoms with E-state index in [9.17, 15) is 4.79 Å². The van der Waals surface area contributed by atoms with Crippen LogP contribution in [0.4, 0.5) is 0 Å². The second-order valence-electron chi connectivity index (χ2n) is 6.78. The normalized spacial score (nSPS) is 15.4. The van der Waals surface area contributed by atoms with E-state index in [4.69, 9.17) is 4.42 Å². The van der Waals surface area contributed by atoms with E-state index >= 15 is 0 Å². The molecule has 2 heterocycles. The Balaban J connectivity index is 1.60. The summed E-state index contributed by atoms with van der Waals surface area (Å²) in [5.74, 6) is 1.36. The van der Waals surface area contributed by atoms with Crippen LogP contribution in [-0.2, 0) is 17.8 Å². The van der Waals surface area contributed by atoms with Crippen LogP contribution < -0.4 is 0 Å². The summed E-state index contributed by atoms with van der Waals surface area (Å²) in [6.45, 7) is 5.62. The molecule has 0 bridgehead atoms. The molecule has 4 heteroatoms. The SMILES string of the molecule is CCc1oc2ccccc2c1CN(C)CCC(=O)N1CCCCC1. The van der Waals surface area contributed by atoms with Gasteiger partial charge in [0.15, 0.2) is 0 Å². The molecular weight excluding hydrogens is 300 g/mol. The molecule has 4 nitrogen and oxygen atoms in total. The first-order valence-electron chi connectivity index (χ1n) is 9.14. The van der Waals surface area contributed by atoms with Gasteiger partial charge in [0.2, 0.25) is 5.91 Å². The zero-order valence-electron chi connectivity index (χ0n) is 14.9. The minimum atomic E-state index is 0.300. The number of amides is 1. The van der Waals surface area contributed by atoms with E-state index in [0.717, 1.165) is 56.8 Å². The average molecular weight is 328 g/mol. The molecule has 1 aromatic carbocycles. The molecule has 0 radical (unpaired) electrons. The summed E-state index contributed by atoms with van der Waals surface area (Å²) in [5, 5.41) is 1.20. The lowest BCUT2D eigenvalue weighted by molar-refractivity contribution is -0.132. The van der Waals surface area contributed by atoms with Crippen LogP contribution in [-0.4, -0.2) is 42.4 Å². The van der Waals surface area contributed by atoms with Crippen LogP contribution in [0.25, 0.3) is 11.0 Å². The van der Waals surface area contributed by atoms with Gasteiger partial charge in [-0.15, -0.1) is 0 Å². The van der Waals surface area contributed by atoms with Crippen molar-refractivity contribution in [1.82, 2.24) is 9.80 Å². The number of rotatable bonds is 6. The highest BCUT2D eigenvalue weighted by Crippen LogP contribution is 2.27. The lowest BCUT2D eigenvalue weighted by atomic mass is 10.1. The molecule has 0 N–H and O–H groups in total. The van der Waals surface area contributed by atoms with E-state index < -0.39 is 0 Å². The fourth-order valence-electron chi connectivity index (χ4n) is 3.55. The standard InChI is InChI=1S/C20H28N2O2/c1-3-18-17(16-9-5-6-10-19(16)24-18)15-21(2)14-11-20(23)22-12-7-4-8-13-22/h5-6,9-10H,3-4,7-8,11-15H2,1-2H3. The quantitative estimate of drug-likeness (QED) is 0.808. The molecule has 24 heavy (non-hydrogen) atoms. The zero-order chi connectivity index (χ0) is 16.9. The minimum Gasteiger partial charge on any atom is -0.461 e. The number of para-hydroxylation sites is 1. The topological polar surface area (TPSA) is 36.7 Å². The van der Waals surface area contributed by atoms with Gasteiger partial charge in [-0.1, -0.05) is 25.1 Å². The summed E-state index contributed by atoms with van der Waals surface area (Å²) in [6, 6.07) is 8.22. The van der Waals surface area contributed by atoms with E-state index in [1.54, 1.807) is 0 Å². The molecule has 0 unspecified atom stereocenters. The van der Waals surface area contributed by atoms with Crippen LogP contribution in [0.3, 0.4) is 0 Å². The van der Waals surface area contributed by atoms with Crippen LogP contribution in [0.2, 0.25) is 0 Å². The number of fused-ring (bicyclic) bond motifs is 1. The third-order valence-corrected chi connectivity index (χ3v) is 4.95. The smallest absolute Gasteiger partial charge is 0.223 e. The molecule has 1 aromatic heterocycles. The first-order chi connectivity index (χ1) is 11.7. The van der Waals surface area contributed by atoms with Crippen LogP contribution >= 0.6 is 0 Å². The Bertz CT molecular complexity index is 686. The number of likely N-dealkylation sites (tertiary alicyclic amines) is 1. The van der Waals surface area contributed by atoms with E-state index in [1.165, 1.54) is 17.4 Å². The summed E-state index contributed by atoms with van der Waals surface area (Å²) in [7, 11) is 2.09. The third kappa shape index (κ3) is 3.81. The van der Waals surface area contributed by atoms with Gasteiger partial charge in [-0.05, 0) is 32.4 Å². The Morgan fingerprint density at radius 1 is 1.21 bits per heavy atom. The van der Waals surface area contributed by atoms with Crippen LogP contribution in [0, 0.1) is 0 Å². The van der Waals surface area contributed by atoms with Gasteiger partial charge in [-0.3, -0.25) is 4.79 Å². The largest absolute Gasteiger partial charge is 0.461 e. The lowest BCUT2D eigenvalue weighted by Crippen LogP contribution is -2.37. The number of carbonyl (C=O) groups excluding carboxylic acids is 1. The monoisotopic (exact) mass is 328 g/mol. The van der Waals surface area contributed by atoms with Crippen molar-refractivity contribution in [2.75, 3.05) is 26.7 Å². The predicted molar refractivity (Wildman–Crippen MR) is 97.0 cm³/mol. The summed E-state index contributed by atoms with van der Waals surface area (Å²) >= 11 is 0. The second-order valence-corrected chi connectivity index (χ2v) is 6.78. The van der Waals surface area contributed by atoms with Gasteiger partial charge in [0, 0.05) is 50.0 Å². The molecule has 0 saturated carbocycles. The minimum absolute atomic E-state index is 0.300. The Hall–Kier alpha value is -1.81. The van der Waals surface area contributed by atoms with Gasteiger partial charge in [0.05, 0.1) is 0 Å². The molecule has 130 valence electrons. The van der Waals surface area contributed by atoms with Gasteiger partial charge in [-0.25, -0.2) is 0 Å². The van der Waals surface area contributed by atoms with Crippen LogP contribution in [0.5, 0.6) is 0 Å². The number of hydrogen-bond acceptors (Lipinski definition) is 3. The number of piperidine rings is 1. The highest BCUT2D eigenvalue weighted by Gasteiger charge is 2.18. The first-order valence-corrected chi connectivity index (χ1v) is 9.14. The van der Waals surface area contributed by atoms with Crippen molar-refractivity contribution in [3.63, 3.8) is 0 Å². The molecule has 1 saturated heterocycles. The van der Waals surface area contributed by atoms with Gasteiger partial charge >= 0.3 is 0 Å². The predicted octanol–water partition coefficient (Wildman–Crippen LogP) is 3.83. The summed E-state index contributed by atoms with van der Waals surface area (Å²) in [5.41, 5.74) is 2.23. The Morgan fingerprint density at radius 3 is 2.71 bits per heavy atom. The maximum atomic E-state index is 12.3. The Kier molecular flexibility index (Phi) is 5.56. The van der Waals surface area contributed by atoms with Crippen molar-refractivity contribution < 1.29 is 9.21 Å². The average Bonchev–Trinajstić information content (AvgIpc) is 2.98. The number of nitrogens with zero attached hydrogens (tertiary/aromatic N) is 2. The van der Waals surface area contributed by atoms with Gasteiger partial charge in [0.25, 0.3) is 0 Å². The van der Waals surface area contributed by atoms with E-state index in [-0.39, 0.29) is 0 Å². The molecule has 1 amide bonds. The number of furan rings is 1. The number of hydrogen-bond donors (Lipinski definition) is 0. The molecule has 0 spiro atoms. The highest BCUT2D eigenvalue weighted by atomic mass is 16.3. The first kappa shape index (κ1) is 17.0. The summed E-state index contributed by atoms with van der Waals surface area (Å²) < 4.78 is 5.97. The Labute approximate surface area is 144 Å². The third-order valence-electron chi connectivity index (χ3n) is 4.95. The lowest BCUT2D eigenvalue weighted by Gasteiger charge is -2.27. The fraction of sp³-hybridized carbons (Fsp3) is 0.550. The van der Waals surface area contributed by atoms with Crippen molar-refractivity contribution in [3.8, 4) is 0 Å². The van der Waals surface area contributed by atoms with Crippen LogP contribution in [0.15, 0.2) is 28.7 Å². The van der Waals surface area contributed by atoms with Gasteiger partial charge < -0.3 is 14.2 Å². The van der Waals surface area contributed by atoms with Crippen molar-refractivity contribution in [3.05, 3.63) is 35.6 Å². The van der Waals surface area contributed by atoms with Crippen LogP contribution in [0.1, 0.15) is 43.9 Å². The van der Waals surface area contributed by atoms with E-state index in [2.05, 4.69) is 31.0 Å². The van der Waals surface area contributed by atoms with Crippen molar-refractivity contribution in [2.45, 2.75) is 45.6 Å². The molecule has 0 aliphatic carbocycles. The zero-order valence-corrected chi connectivity index (χ0v) is 14.9. The van der Waals surface area contributed by atoms with Gasteiger partial charge in [0.1, 0.15) is 11.3 Å². The Morgan fingerprint density at radius 2 is 1.96 bits per heavy atom. The number of carbonyl (C=O) groups is 1. The number of aryl methyl sites for hydroxylation is 1. The van der Waals surface area contributed by atoms with E-state index in [0.29, 0.717) is 12.3 Å². The fourth-order valence-corrected chi connectivity index (χ4v) is 3.55. The molecule has 1 aliphatic rings. The molecule has 1 fully saturated rings. The second kappa shape index (κ2) is 7.84. The molecule has 1 aliphatic heterocycles. The summed E-state index contributed by atoms with van der Waals surface area (Å²) in [6.07, 6.45) is 5.07. The highest BCUT2D eigenvalue weighted by molar-refractivity contribution is 5.82.